The summed E-state index contributed by atoms with van der Waals surface area (Å²) in [6.07, 6.45) is 3.05. The molecule has 0 radical (unpaired) electrons. The lowest BCUT2D eigenvalue weighted by atomic mass is 10.0. The van der Waals surface area contributed by atoms with Crippen LogP contribution in [0.1, 0.15) is 40.7 Å². The number of carbonyl (C=O) groups is 1. The molecule has 0 spiro atoms. The molecule has 1 aromatic carbocycles. The zero-order chi connectivity index (χ0) is 13.2. The SMILES string of the molecule is O=C(c1ccc2c(c1)COC2)N1CCCC1CCCl. The average Bonchev–Trinajstić information content (AvgIpc) is 3.05. The van der Waals surface area contributed by atoms with Crippen LogP contribution in [0.2, 0.25) is 0 Å². The second-order valence-corrected chi connectivity index (χ2v) is 5.63. The van der Waals surface area contributed by atoms with Crippen molar-refractivity contribution < 1.29 is 9.53 Å². The molecule has 1 atom stereocenters. The third-order valence-electron chi connectivity index (χ3n) is 4.05. The van der Waals surface area contributed by atoms with Crippen molar-refractivity contribution in [1.29, 1.82) is 0 Å². The molecule has 0 aromatic heterocycles. The maximum atomic E-state index is 12.6. The fourth-order valence-corrected chi connectivity index (χ4v) is 3.25. The molecule has 4 heteroatoms. The van der Waals surface area contributed by atoms with Gasteiger partial charge in [0.05, 0.1) is 13.2 Å². The fourth-order valence-electron chi connectivity index (χ4n) is 3.00. The van der Waals surface area contributed by atoms with Crippen LogP contribution >= 0.6 is 11.6 Å². The van der Waals surface area contributed by atoms with Crippen molar-refractivity contribution in [3.8, 4) is 0 Å². The van der Waals surface area contributed by atoms with Crippen molar-refractivity contribution in [2.45, 2.75) is 38.5 Å². The summed E-state index contributed by atoms with van der Waals surface area (Å²) in [5, 5.41) is 0. The van der Waals surface area contributed by atoms with Gasteiger partial charge in [-0.25, -0.2) is 0 Å². The van der Waals surface area contributed by atoms with E-state index in [2.05, 4.69) is 0 Å². The van der Waals surface area contributed by atoms with Crippen LogP contribution < -0.4 is 0 Å². The Morgan fingerprint density at radius 2 is 2.21 bits per heavy atom. The maximum Gasteiger partial charge on any atom is 0.254 e. The summed E-state index contributed by atoms with van der Waals surface area (Å²) < 4.78 is 5.39. The first kappa shape index (κ1) is 12.9. The molecule has 2 aliphatic heterocycles. The van der Waals surface area contributed by atoms with Crippen LogP contribution in [0.4, 0.5) is 0 Å². The Balaban J connectivity index is 1.79. The van der Waals surface area contributed by atoms with E-state index in [9.17, 15) is 4.79 Å². The zero-order valence-corrected chi connectivity index (χ0v) is 11.7. The van der Waals surface area contributed by atoms with Crippen molar-refractivity contribution in [2.24, 2.45) is 0 Å². The zero-order valence-electron chi connectivity index (χ0n) is 10.9. The normalized spacial score (nSPS) is 21.7. The van der Waals surface area contributed by atoms with Crippen LogP contribution in [0.25, 0.3) is 0 Å². The Morgan fingerprint density at radius 3 is 3.05 bits per heavy atom. The largest absolute Gasteiger partial charge is 0.372 e. The second-order valence-electron chi connectivity index (χ2n) is 5.25. The molecule has 0 saturated carbocycles. The summed E-state index contributed by atoms with van der Waals surface area (Å²) in [5.74, 6) is 0.759. The quantitative estimate of drug-likeness (QED) is 0.796. The number of halogens is 1. The van der Waals surface area contributed by atoms with E-state index < -0.39 is 0 Å². The first-order chi connectivity index (χ1) is 9.29. The molecule has 3 nitrogen and oxygen atoms in total. The Kier molecular flexibility index (Phi) is 3.76. The number of ether oxygens (including phenoxy) is 1. The third-order valence-corrected chi connectivity index (χ3v) is 4.27. The van der Waals surface area contributed by atoms with Gasteiger partial charge in [0, 0.05) is 24.0 Å². The summed E-state index contributed by atoms with van der Waals surface area (Å²) in [5.41, 5.74) is 3.14. The highest BCUT2D eigenvalue weighted by Gasteiger charge is 2.29. The van der Waals surface area contributed by atoms with E-state index in [1.807, 2.05) is 23.1 Å². The number of fused-ring (bicyclic) bond motifs is 1. The van der Waals surface area contributed by atoms with E-state index in [4.69, 9.17) is 16.3 Å². The average molecular weight is 280 g/mol. The summed E-state index contributed by atoms with van der Waals surface area (Å²) in [6.45, 7) is 2.15. The van der Waals surface area contributed by atoms with Crippen molar-refractivity contribution >= 4 is 17.5 Å². The predicted molar refractivity (Wildman–Crippen MR) is 74.3 cm³/mol. The minimum Gasteiger partial charge on any atom is -0.372 e. The van der Waals surface area contributed by atoms with Gasteiger partial charge >= 0.3 is 0 Å². The summed E-state index contributed by atoms with van der Waals surface area (Å²) >= 11 is 5.82. The van der Waals surface area contributed by atoms with Gasteiger partial charge in [-0.05, 0) is 42.5 Å². The lowest BCUT2D eigenvalue weighted by molar-refractivity contribution is 0.0734. The Bertz CT molecular complexity index is 489. The standard InChI is InChI=1S/C15H18ClNO2/c16-6-5-14-2-1-7-17(14)15(18)11-3-4-12-9-19-10-13(12)8-11/h3-4,8,14H,1-2,5-7,9-10H2. The van der Waals surface area contributed by atoms with E-state index in [1.165, 1.54) is 5.56 Å². The molecule has 19 heavy (non-hydrogen) atoms. The molecule has 2 heterocycles. The van der Waals surface area contributed by atoms with Gasteiger partial charge < -0.3 is 9.64 Å². The number of nitrogens with zero attached hydrogens (tertiary/aromatic N) is 1. The molecule has 3 rings (SSSR count). The van der Waals surface area contributed by atoms with Gasteiger partial charge in [0.2, 0.25) is 0 Å². The number of benzene rings is 1. The molecule has 1 saturated heterocycles. The summed E-state index contributed by atoms with van der Waals surface area (Å²) in [6, 6.07) is 6.24. The van der Waals surface area contributed by atoms with Crippen LogP contribution in [0.15, 0.2) is 18.2 Å². The van der Waals surface area contributed by atoms with Gasteiger partial charge in [-0.15, -0.1) is 11.6 Å². The van der Waals surface area contributed by atoms with E-state index in [-0.39, 0.29) is 5.91 Å². The van der Waals surface area contributed by atoms with Crippen LogP contribution in [0.3, 0.4) is 0 Å². The fraction of sp³-hybridized carbons (Fsp3) is 0.533. The first-order valence-electron chi connectivity index (χ1n) is 6.86. The van der Waals surface area contributed by atoms with Gasteiger partial charge in [-0.3, -0.25) is 4.79 Å². The van der Waals surface area contributed by atoms with Crippen LogP contribution in [-0.4, -0.2) is 29.3 Å². The maximum absolute atomic E-state index is 12.6. The number of amides is 1. The molecule has 2 aliphatic rings. The predicted octanol–water partition coefficient (Wildman–Crippen LogP) is 2.95. The molecular formula is C15H18ClNO2. The highest BCUT2D eigenvalue weighted by molar-refractivity contribution is 6.17. The van der Waals surface area contributed by atoms with E-state index in [0.29, 0.717) is 25.1 Å². The Labute approximate surface area is 118 Å². The van der Waals surface area contributed by atoms with E-state index in [1.54, 1.807) is 0 Å². The molecule has 1 amide bonds. The number of rotatable bonds is 3. The topological polar surface area (TPSA) is 29.5 Å². The van der Waals surface area contributed by atoms with E-state index >= 15 is 0 Å². The van der Waals surface area contributed by atoms with Gasteiger partial charge in [-0.2, -0.15) is 0 Å². The summed E-state index contributed by atoms with van der Waals surface area (Å²) in [7, 11) is 0. The highest BCUT2D eigenvalue weighted by Crippen LogP contribution is 2.25. The Hall–Kier alpha value is -1.06. The molecule has 0 N–H and O–H groups in total. The summed E-state index contributed by atoms with van der Waals surface area (Å²) in [4.78, 5) is 14.6. The number of likely N-dealkylation sites (tertiary alicyclic amines) is 1. The second kappa shape index (κ2) is 5.51. The lowest BCUT2D eigenvalue weighted by Crippen LogP contribution is -2.35. The number of carbonyl (C=O) groups excluding carboxylic acids is 1. The van der Waals surface area contributed by atoms with Crippen LogP contribution in [0, 0.1) is 0 Å². The van der Waals surface area contributed by atoms with Gasteiger partial charge in [0.1, 0.15) is 0 Å². The number of alkyl halides is 1. The van der Waals surface area contributed by atoms with E-state index in [0.717, 1.165) is 36.9 Å². The minimum atomic E-state index is 0.141. The van der Waals surface area contributed by atoms with Crippen LogP contribution in [0.5, 0.6) is 0 Å². The van der Waals surface area contributed by atoms with Gasteiger partial charge in [-0.1, -0.05) is 6.07 Å². The highest BCUT2D eigenvalue weighted by atomic mass is 35.5. The van der Waals surface area contributed by atoms with Crippen molar-refractivity contribution in [2.75, 3.05) is 12.4 Å². The first-order valence-corrected chi connectivity index (χ1v) is 7.39. The number of hydrogen-bond acceptors (Lipinski definition) is 2. The minimum absolute atomic E-state index is 0.141. The molecule has 0 aliphatic carbocycles. The molecule has 0 bridgehead atoms. The van der Waals surface area contributed by atoms with Crippen molar-refractivity contribution in [1.82, 2.24) is 4.90 Å². The monoisotopic (exact) mass is 279 g/mol. The molecule has 1 fully saturated rings. The van der Waals surface area contributed by atoms with Gasteiger partial charge in [0.25, 0.3) is 5.91 Å². The van der Waals surface area contributed by atoms with Gasteiger partial charge in [0.15, 0.2) is 0 Å². The molecule has 102 valence electrons. The molecular weight excluding hydrogens is 262 g/mol. The smallest absolute Gasteiger partial charge is 0.254 e. The molecule has 1 aromatic rings. The van der Waals surface area contributed by atoms with Crippen molar-refractivity contribution in [3.05, 3.63) is 34.9 Å². The molecule has 1 unspecified atom stereocenters. The Morgan fingerprint density at radius 1 is 1.37 bits per heavy atom. The van der Waals surface area contributed by atoms with Crippen LogP contribution in [-0.2, 0) is 18.0 Å². The third kappa shape index (κ3) is 2.49. The van der Waals surface area contributed by atoms with Crippen molar-refractivity contribution in [3.63, 3.8) is 0 Å². The lowest BCUT2D eigenvalue weighted by Gasteiger charge is -2.24. The number of hydrogen-bond donors (Lipinski definition) is 0.